The molecule has 0 bridgehead atoms. The van der Waals surface area contributed by atoms with Gasteiger partial charge >= 0.3 is 0 Å². The second-order valence-corrected chi connectivity index (χ2v) is 4.68. The first-order chi connectivity index (χ1) is 10.6. The summed E-state index contributed by atoms with van der Waals surface area (Å²) in [7, 11) is 3.14. The summed E-state index contributed by atoms with van der Waals surface area (Å²) in [6, 6.07) is 12.7. The molecule has 22 heavy (non-hydrogen) atoms. The van der Waals surface area contributed by atoms with Gasteiger partial charge in [-0.2, -0.15) is 5.10 Å². The average molecular weight is 298 g/mol. The molecule has 0 fully saturated rings. The third-order valence-corrected chi connectivity index (χ3v) is 3.10. The highest BCUT2D eigenvalue weighted by molar-refractivity contribution is 5.94. The van der Waals surface area contributed by atoms with E-state index in [0.717, 1.165) is 11.1 Å². The number of methoxy groups -OCH3 is 2. The Bertz CT molecular complexity index is 679. The van der Waals surface area contributed by atoms with E-state index in [2.05, 4.69) is 10.5 Å². The smallest absolute Gasteiger partial charge is 0.271 e. The lowest BCUT2D eigenvalue weighted by molar-refractivity contribution is 0.0955. The van der Waals surface area contributed by atoms with Crippen LogP contribution >= 0.6 is 0 Å². The van der Waals surface area contributed by atoms with E-state index in [1.54, 1.807) is 44.7 Å². The van der Waals surface area contributed by atoms with Crippen LogP contribution in [0.2, 0.25) is 0 Å². The number of carbonyl (C=O) groups excluding carboxylic acids is 1. The number of nitrogens with one attached hydrogen (secondary N) is 1. The van der Waals surface area contributed by atoms with Crippen molar-refractivity contribution in [2.45, 2.75) is 6.92 Å². The molecule has 0 spiro atoms. The maximum absolute atomic E-state index is 11.9. The summed E-state index contributed by atoms with van der Waals surface area (Å²) in [5.41, 5.74) is 4.95. The molecule has 0 aliphatic rings. The molecular formula is C17H18N2O3. The van der Waals surface area contributed by atoms with Gasteiger partial charge in [-0.15, -0.1) is 0 Å². The monoisotopic (exact) mass is 298 g/mol. The fraction of sp³-hybridized carbons (Fsp3) is 0.176. The van der Waals surface area contributed by atoms with Crippen molar-refractivity contribution in [2.24, 2.45) is 5.10 Å². The topological polar surface area (TPSA) is 59.9 Å². The first-order valence-corrected chi connectivity index (χ1v) is 6.76. The first kappa shape index (κ1) is 15.6. The molecule has 0 radical (unpaired) electrons. The largest absolute Gasteiger partial charge is 0.493 e. The van der Waals surface area contributed by atoms with Gasteiger partial charge in [0.1, 0.15) is 0 Å². The summed E-state index contributed by atoms with van der Waals surface area (Å²) in [6.45, 7) is 1.97. The SMILES string of the molecule is COc1ccc(/C=N/NC(=O)c2ccc(C)cc2)cc1OC. The zero-order chi connectivity index (χ0) is 15.9. The molecule has 0 aromatic heterocycles. The van der Waals surface area contributed by atoms with Crippen molar-refractivity contribution in [1.29, 1.82) is 0 Å². The van der Waals surface area contributed by atoms with Gasteiger partial charge in [-0.05, 0) is 42.8 Å². The normalized spacial score (nSPS) is 10.5. The summed E-state index contributed by atoms with van der Waals surface area (Å²) >= 11 is 0. The van der Waals surface area contributed by atoms with E-state index < -0.39 is 0 Å². The third kappa shape index (κ3) is 3.85. The lowest BCUT2D eigenvalue weighted by Gasteiger charge is -2.07. The van der Waals surface area contributed by atoms with Crippen molar-refractivity contribution in [3.8, 4) is 11.5 Å². The zero-order valence-corrected chi connectivity index (χ0v) is 12.8. The molecule has 0 aliphatic heterocycles. The van der Waals surface area contributed by atoms with Gasteiger partial charge in [-0.1, -0.05) is 17.7 Å². The number of benzene rings is 2. The van der Waals surface area contributed by atoms with Gasteiger partial charge in [0.2, 0.25) is 0 Å². The predicted molar refractivity (Wildman–Crippen MR) is 85.8 cm³/mol. The van der Waals surface area contributed by atoms with Crippen LogP contribution in [0.4, 0.5) is 0 Å². The van der Waals surface area contributed by atoms with E-state index in [1.165, 1.54) is 0 Å². The van der Waals surface area contributed by atoms with Gasteiger partial charge in [0.15, 0.2) is 11.5 Å². The minimum Gasteiger partial charge on any atom is -0.493 e. The van der Waals surface area contributed by atoms with E-state index in [9.17, 15) is 4.79 Å². The fourth-order valence-electron chi connectivity index (χ4n) is 1.87. The summed E-state index contributed by atoms with van der Waals surface area (Å²) < 4.78 is 10.4. The molecule has 0 unspecified atom stereocenters. The number of nitrogens with zero attached hydrogens (tertiary/aromatic N) is 1. The minimum atomic E-state index is -0.253. The lowest BCUT2D eigenvalue weighted by Crippen LogP contribution is -2.17. The number of amides is 1. The van der Waals surface area contributed by atoms with Crippen LogP contribution in [0, 0.1) is 6.92 Å². The van der Waals surface area contributed by atoms with Gasteiger partial charge in [-0.3, -0.25) is 4.79 Å². The summed E-state index contributed by atoms with van der Waals surface area (Å²) in [4.78, 5) is 11.9. The van der Waals surface area contributed by atoms with E-state index in [-0.39, 0.29) is 5.91 Å². The van der Waals surface area contributed by atoms with Gasteiger partial charge < -0.3 is 9.47 Å². The van der Waals surface area contributed by atoms with Gasteiger partial charge in [0, 0.05) is 5.56 Å². The van der Waals surface area contributed by atoms with Crippen molar-refractivity contribution in [3.63, 3.8) is 0 Å². The van der Waals surface area contributed by atoms with E-state index in [0.29, 0.717) is 17.1 Å². The van der Waals surface area contributed by atoms with Crippen LogP contribution in [0.25, 0.3) is 0 Å². The number of hydrogen-bond donors (Lipinski definition) is 1. The van der Waals surface area contributed by atoms with Crippen LogP contribution in [0.1, 0.15) is 21.5 Å². The molecule has 0 heterocycles. The van der Waals surface area contributed by atoms with Crippen LogP contribution < -0.4 is 14.9 Å². The zero-order valence-electron chi connectivity index (χ0n) is 12.8. The molecule has 5 nitrogen and oxygen atoms in total. The number of hydrazone groups is 1. The van der Waals surface area contributed by atoms with Gasteiger partial charge in [0.05, 0.1) is 20.4 Å². The standard InChI is InChI=1S/C17H18N2O3/c1-12-4-7-14(8-5-12)17(20)19-18-11-13-6-9-15(21-2)16(10-13)22-3/h4-11H,1-3H3,(H,19,20)/b18-11+. The predicted octanol–water partition coefficient (Wildman–Crippen LogP) is 2.78. The van der Waals surface area contributed by atoms with Crippen LogP contribution in [0.15, 0.2) is 47.6 Å². The molecule has 0 saturated heterocycles. The van der Waals surface area contributed by atoms with E-state index in [4.69, 9.17) is 9.47 Å². The molecule has 2 rings (SSSR count). The molecule has 0 atom stereocenters. The van der Waals surface area contributed by atoms with Crippen molar-refractivity contribution >= 4 is 12.1 Å². The van der Waals surface area contributed by atoms with Crippen molar-refractivity contribution in [2.75, 3.05) is 14.2 Å². The highest BCUT2D eigenvalue weighted by Crippen LogP contribution is 2.26. The molecule has 0 saturated carbocycles. The van der Waals surface area contributed by atoms with Gasteiger partial charge in [-0.25, -0.2) is 5.43 Å². The van der Waals surface area contributed by atoms with Crippen molar-refractivity contribution in [1.82, 2.24) is 5.43 Å². The Morgan fingerprint density at radius 2 is 1.73 bits per heavy atom. The molecular weight excluding hydrogens is 280 g/mol. The third-order valence-electron chi connectivity index (χ3n) is 3.10. The number of aryl methyl sites for hydroxylation is 1. The highest BCUT2D eigenvalue weighted by Gasteiger charge is 2.04. The molecule has 2 aromatic rings. The highest BCUT2D eigenvalue weighted by atomic mass is 16.5. The Kier molecular flexibility index (Phi) is 5.14. The number of rotatable bonds is 5. The first-order valence-electron chi connectivity index (χ1n) is 6.76. The minimum absolute atomic E-state index is 0.253. The number of hydrogen-bond acceptors (Lipinski definition) is 4. The second-order valence-electron chi connectivity index (χ2n) is 4.68. The Morgan fingerprint density at radius 1 is 1.05 bits per heavy atom. The maximum atomic E-state index is 11.9. The molecule has 2 aromatic carbocycles. The van der Waals surface area contributed by atoms with E-state index >= 15 is 0 Å². The molecule has 114 valence electrons. The van der Waals surface area contributed by atoms with Crippen LogP contribution in [0.3, 0.4) is 0 Å². The van der Waals surface area contributed by atoms with Crippen molar-refractivity contribution in [3.05, 3.63) is 59.2 Å². The summed E-state index contributed by atoms with van der Waals surface area (Å²) in [5, 5.41) is 3.95. The molecule has 1 amide bonds. The molecule has 5 heteroatoms. The Labute approximate surface area is 129 Å². The van der Waals surface area contributed by atoms with Crippen LogP contribution in [0.5, 0.6) is 11.5 Å². The Balaban J connectivity index is 2.03. The summed E-state index contributed by atoms with van der Waals surface area (Å²) in [5.74, 6) is 0.997. The fourth-order valence-corrected chi connectivity index (χ4v) is 1.87. The Morgan fingerprint density at radius 3 is 2.36 bits per heavy atom. The van der Waals surface area contributed by atoms with Crippen molar-refractivity contribution < 1.29 is 14.3 Å². The second kappa shape index (κ2) is 7.26. The lowest BCUT2D eigenvalue weighted by atomic mass is 10.1. The van der Waals surface area contributed by atoms with E-state index in [1.807, 2.05) is 25.1 Å². The summed E-state index contributed by atoms with van der Waals surface area (Å²) in [6.07, 6.45) is 1.55. The Hall–Kier alpha value is -2.82. The number of ether oxygens (including phenoxy) is 2. The maximum Gasteiger partial charge on any atom is 0.271 e. The van der Waals surface area contributed by atoms with Crippen LogP contribution in [-0.4, -0.2) is 26.3 Å². The quantitative estimate of drug-likeness (QED) is 0.682. The number of carbonyl (C=O) groups is 1. The molecule has 1 N–H and O–H groups in total. The molecule has 0 aliphatic carbocycles. The van der Waals surface area contributed by atoms with Gasteiger partial charge in [0.25, 0.3) is 5.91 Å². The van der Waals surface area contributed by atoms with Crippen LogP contribution in [-0.2, 0) is 0 Å². The average Bonchev–Trinajstić information content (AvgIpc) is 2.55.